The molecule has 0 fully saturated rings. The van der Waals surface area contributed by atoms with E-state index in [9.17, 15) is 14.0 Å². The first-order valence-electron chi connectivity index (χ1n) is 8.54. The highest BCUT2D eigenvalue weighted by Gasteiger charge is 2.23. The molecule has 1 N–H and O–H groups in total. The number of rotatable bonds is 6. The molecule has 0 saturated carbocycles. The molecule has 0 radical (unpaired) electrons. The molecule has 0 aliphatic carbocycles. The van der Waals surface area contributed by atoms with Gasteiger partial charge >= 0.3 is 0 Å². The third kappa shape index (κ3) is 4.43. The van der Waals surface area contributed by atoms with Gasteiger partial charge in [0.05, 0.1) is 6.04 Å². The second-order valence-electron chi connectivity index (χ2n) is 6.03. The minimum Gasteiger partial charge on any atom is -0.484 e. The molecule has 1 heterocycles. The maximum absolute atomic E-state index is 13.5. The van der Waals surface area contributed by atoms with E-state index in [1.54, 1.807) is 42.1 Å². The number of fused-ring (bicyclic) bond motifs is 1. The Morgan fingerprint density at radius 2 is 2.00 bits per heavy atom. The van der Waals surface area contributed by atoms with Gasteiger partial charge in [0.25, 0.3) is 5.91 Å². The van der Waals surface area contributed by atoms with Gasteiger partial charge in [0.15, 0.2) is 12.4 Å². The van der Waals surface area contributed by atoms with Crippen molar-refractivity contribution in [2.45, 2.75) is 30.7 Å². The fraction of sp³-hybridized carbons (Fsp3) is 0.300. The fourth-order valence-corrected chi connectivity index (χ4v) is 3.95. The van der Waals surface area contributed by atoms with Crippen LogP contribution in [0.15, 0.2) is 47.4 Å². The quantitative estimate of drug-likeness (QED) is 0.773. The molecule has 1 amide bonds. The number of halogens is 1. The topological polar surface area (TPSA) is 55.4 Å². The minimum absolute atomic E-state index is 0.0651. The molecule has 26 heavy (non-hydrogen) atoms. The van der Waals surface area contributed by atoms with Gasteiger partial charge in [-0.25, -0.2) is 4.39 Å². The summed E-state index contributed by atoms with van der Waals surface area (Å²) in [7, 11) is 0. The van der Waals surface area contributed by atoms with E-state index in [0.717, 1.165) is 22.6 Å². The van der Waals surface area contributed by atoms with Crippen LogP contribution in [0, 0.1) is 5.82 Å². The monoisotopic (exact) mass is 373 g/mol. The second kappa shape index (κ2) is 8.36. The first-order chi connectivity index (χ1) is 12.6. The van der Waals surface area contributed by atoms with Gasteiger partial charge in [0.1, 0.15) is 11.6 Å². The summed E-state index contributed by atoms with van der Waals surface area (Å²) in [6, 6.07) is 11.2. The lowest BCUT2D eigenvalue weighted by Crippen LogP contribution is -2.34. The zero-order valence-electron chi connectivity index (χ0n) is 14.5. The molecule has 1 aliphatic heterocycles. The predicted molar refractivity (Wildman–Crippen MR) is 99.2 cm³/mol. The number of thioether (sulfide) groups is 1. The molecule has 2 aromatic carbocycles. The summed E-state index contributed by atoms with van der Waals surface area (Å²) >= 11 is 1.67. The van der Waals surface area contributed by atoms with Crippen LogP contribution in [0.5, 0.6) is 5.75 Å². The molecule has 1 atom stereocenters. The lowest BCUT2D eigenvalue weighted by Gasteiger charge is -2.26. The van der Waals surface area contributed by atoms with Gasteiger partial charge in [-0.3, -0.25) is 9.59 Å². The Balaban J connectivity index is 1.57. The number of carbonyl (C=O) groups excluding carboxylic acids is 2. The molecule has 0 aromatic heterocycles. The smallest absolute Gasteiger partial charge is 0.258 e. The number of ether oxygens (including phenoxy) is 1. The maximum Gasteiger partial charge on any atom is 0.258 e. The Labute approximate surface area is 156 Å². The predicted octanol–water partition coefficient (Wildman–Crippen LogP) is 4.15. The standard InChI is InChI=1S/C20H20FNO3S/c1-2-18(23)13-3-6-15(7-4-13)25-12-20(24)22-17-9-10-26-19-8-5-14(21)11-16(17)19/h3-8,11,17H,2,9-10,12H2,1H3,(H,22,24)/t17-/m0/s1. The molecule has 3 rings (SSSR count). The number of Topliss-reactive ketones (excluding diaryl/α,β-unsaturated/α-hetero) is 1. The highest BCUT2D eigenvalue weighted by molar-refractivity contribution is 7.99. The van der Waals surface area contributed by atoms with Crippen LogP contribution < -0.4 is 10.1 Å². The number of amides is 1. The summed E-state index contributed by atoms with van der Waals surface area (Å²) < 4.78 is 19.0. The first kappa shape index (κ1) is 18.5. The fourth-order valence-electron chi connectivity index (χ4n) is 2.84. The van der Waals surface area contributed by atoms with Gasteiger partial charge in [0.2, 0.25) is 0 Å². The van der Waals surface area contributed by atoms with E-state index < -0.39 is 0 Å². The third-order valence-electron chi connectivity index (χ3n) is 4.21. The van der Waals surface area contributed by atoms with Crippen LogP contribution in [0.25, 0.3) is 0 Å². The summed E-state index contributed by atoms with van der Waals surface area (Å²) in [6.07, 6.45) is 1.20. The molecule has 0 spiro atoms. The first-order valence-corrected chi connectivity index (χ1v) is 9.53. The van der Waals surface area contributed by atoms with Gasteiger partial charge in [-0.05, 0) is 54.4 Å². The highest BCUT2D eigenvalue weighted by Crippen LogP contribution is 2.36. The maximum atomic E-state index is 13.5. The molecule has 6 heteroatoms. The summed E-state index contributed by atoms with van der Waals surface area (Å²) in [5.41, 5.74) is 1.44. The van der Waals surface area contributed by atoms with Crippen molar-refractivity contribution >= 4 is 23.5 Å². The Morgan fingerprint density at radius 1 is 1.23 bits per heavy atom. The molecule has 1 aliphatic rings. The number of nitrogens with one attached hydrogen (secondary N) is 1. The highest BCUT2D eigenvalue weighted by atomic mass is 32.2. The molecule has 4 nitrogen and oxygen atoms in total. The SMILES string of the molecule is CCC(=O)c1ccc(OCC(=O)N[C@H]2CCSc3ccc(F)cc32)cc1. The van der Waals surface area contributed by atoms with E-state index in [1.165, 1.54) is 12.1 Å². The van der Waals surface area contributed by atoms with Crippen LogP contribution in [-0.2, 0) is 4.79 Å². The van der Waals surface area contributed by atoms with E-state index >= 15 is 0 Å². The Kier molecular flexibility index (Phi) is 5.93. The van der Waals surface area contributed by atoms with Gasteiger partial charge in [-0.15, -0.1) is 11.8 Å². The van der Waals surface area contributed by atoms with Crippen LogP contribution in [0.2, 0.25) is 0 Å². The van der Waals surface area contributed by atoms with Crippen molar-refractivity contribution in [3.63, 3.8) is 0 Å². The van der Waals surface area contributed by atoms with Crippen molar-refractivity contribution in [2.24, 2.45) is 0 Å². The molecule has 136 valence electrons. The van der Waals surface area contributed by atoms with Gasteiger partial charge in [0, 0.05) is 22.6 Å². The van der Waals surface area contributed by atoms with Crippen molar-refractivity contribution in [3.05, 3.63) is 59.4 Å². The van der Waals surface area contributed by atoms with Crippen molar-refractivity contribution in [1.82, 2.24) is 5.32 Å². The largest absolute Gasteiger partial charge is 0.484 e. The minimum atomic E-state index is -0.302. The summed E-state index contributed by atoms with van der Waals surface area (Å²) in [6.45, 7) is 1.68. The molecular formula is C20H20FNO3S. The zero-order valence-corrected chi connectivity index (χ0v) is 15.3. The van der Waals surface area contributed by atoms with Crippen molar-refractivity contribution in [1.29, 1.82) is 0 Å². The Bertz CT molecular complexity index is 807. The number of hydrogen-bond acceptors (Lipinski definition) is 4. The third-order valence-corrected chi connectivity index (χ3v) is 5.34. The second-order valence-corrected chi connectivity index (χ2v) is 7.17. The van der Waals surface area contributed by atoms with Crippen molar-refractivity contribution in [3.8, 4) is 5.75 Å². The van der Waals surface area contributed by atoms with Crippen molar-refractivity contribution < 1.29 is 18.7 Å². The summed E-state index contributed by atoms with van der Waals surface area (Å²) in [5, 5.41) is 2.91. The van der Waals surface area contributed by atoms with Crippen molar-refractivity contribution in [2.75, 3.05) is 12.4 Å². The average molecular weight is 373 g/mol. The van der Waals surface area contributed by atoms with E-state index in [1.807, 2.05) is 6.92 Å². The number of carbonyl (C=O) groups is 2. The summed E-state index contributed by atoms with van der Waals surface area (Å²) in [5.74, 6) is 0.903. The molecule has 2 aromatic rings. The summed E-state index contributed by atoms with van der Waals surface area (Å²) in [4.78, 5) is 24.8. The molecular weight excluding hydrogens is 353 g/mol. The van der Waals surface area contributed by atoms with Crippen LogP contribution in [0.4, 0.5) is 4.39 Å². The zero-order chi connectivity index (χ0) is 18.5. The van der Waals surface area contributed by atoms with Gasteiger partial charge in [-0.1, -0.05) is 6.92 Å². The van der Waals surface area contributed by atoms with Crippen LogP contribution in [-0.4, -0.2) is 24.1 Å². The molecule has 0 saturated heterocycles. The Hall–Kier alpha value is -2.34. The number of hydrogen-bond donors (Lipinski definition) is 1. The lowest BCUT2D eigenvalue weighted by molar-refractivity contribution is -0.123. The van der Waals surface area contributed by atoms with Crippen LogP contribution >= 0.6 is 11.8 Å². The lowest BCUT2D eigenvalue weighted by atomic mass is 10.0. The van der Waals surface area contributed by atoms with E-state index in [0.29, 0.717) is 17.7 Å². The van der Waals surface area contributed by atoms with E-state index in [-0.39, 0.29) is 30.2 Å². The molecule has 0 unspecified atom stereocenters. The normalized spacial score (nSPS) is 15.8. The van der Waals surface area contributed by atoms with Crippen LogP contribution in [0.1, 0.15) is 41.7 Å². The number of benzene rings is 2. The van der Waals surface area contributed by atoms with E-state index in [4.69, 9.17) is 4.74 Å². The van der Waals surface area contributed by atoms with Crippen LogP contribution in [0.3, 0.4) is 0 Å². The number of ketones is 1. The van der Waals surface area contributed by atoms with E-state index in [2.05, 4.69) is 5.32 Å². The van der Waals surface area contributed by atoms with Gasteiger partial charge < -0.3 is 10.1 Å². The molecule has 0 bridgehead atoms. The average Bonchev–Trinajstić information content (AvgIpc) is 2.66. The van der Waals surface area contributed by atoms with Gasteiger partial charge in [-0.2, -0.15) is 0 Å². The Morgan fingerprint density at radius 3 is 2.73 bits per heavy atom.